The van der Waals surface area contributed by atoms with Crippen molar-refractivity contribution in [1.82, 2.24) is 15.5 Å². The van der Waals surface area contributed by atoms with Gasteiger partial charge >= 0.3 is 6.03 Å². The molecule has 5 nitrogen and oxygen atoms in total. The average molecular weight is 333 g/mol. The van der Waals surface area contributed by atoms with Gasteiger partial charge < -0.3 is 15.7 Å². The first-order valence-corrected chi connectivity index (χ1v) is 9.02. The van der Waals surface area contributed by atoms with Gasteiger partial charge in [-0.25, -0.2) is 4.79 Å². The van der Waals surface area contributed by atoms with Crippen LogP contribution in [-0.2, 0) is 6.42 Å². The van der Waals surface area contributed by atoms with E-state index in [9.17, 15) is 9.90 Å². The minimum absolute atomic E-state index is 0.209. The SMILES string of the molecule is CC1CCCN(C(C)CNC(=O)NCC(O)Cc2ccccc2)C1. The lowest BCUT2D eigenvalue weighted by Crippen LogP contribution is -2.48. The zero-order chi connectivity index (χ0) is 17.4. The number of carbonyl (C=O) groups excluding carboxylic acids is 1. The lowest BCUT2D eigenvalue weighted by atomic mass is 9.99. The Bertz CT molecular complexity index is 495. The van der Waals surface area contributed by atoms with Crippen molar-refractivity contribution in [3.05, 3.63) is 35.9 Å². The Balaban J connectivity index is 1.62. The van der Waals surface area contributed by atoms with Gasteiger partial charge in [0.05, 0.1) is 6.10 Å². The molecule has 1 aliphatic heterocycles. The van der Waals surface area contributed by atoms with Gasteiger partial charge in [0.2, 0.25) is 0 Å². The van der Waals surface area contributed by atoms with Crippen molar-refractivity contribution in [1.29, 1.82) is 0 Å². The standard InChI is InChI=1S/C19H31N3O2/c1-15-7-6-10-22(14-15)16(2)12-20-19(24)21-13-18(23)11-17-8-4-3-5-9-17/h3-5,8-9,15-16,18,23H,6-7,10-14H2,1-2H3,(H2,20,21,24). The van der Waals surface area contributed by atoms with Crippen molar-refractivity contribution in [2.45, 2.75) is 45.3 Å². The van der Waals surface area contributed by atoms with Gasteiger partial charge in [-0.3, -0.25) is 4.90 Å². The first-order valence-electron chi connectivity index (χ1n) is 9.02. The molecule has 1 heterocycles. The van der Waals surface area contributed by atoms with Crippen LogP contribution in [0.3, 0.4) is 0 Å². The molecule has 1 saturated heterocycles. The van der Waals surface area contributed by atoms with Crippen molar-refractivity contribution in [3.8, 4) is 0 Å². The summed E-state index contributed by atoms with van der Waals surface area (Å²) in [4.78, 5) is 14.3. The number of aliphatic hydroxyl groups is 1. The number of hydrogen-bond acceptors (Lipinski definition) is 3. The van der Waals surface area contributed by atoms with Gasteiger partial charge in [0.15, 0.2) is 0 Å². The Morgan fingerprint density at radius 1 is 1.29 bits per heavy atom. The smallest absolute Gasteiger partial charge is 0.314 e. The predicted molar refractivity (Wildman–Crippen MR) is 97.0 cm³/mol. The van der Waals surface area contributed by atoms with E-state index in [1.54, 1.807) is 0 Å². The lowest BCUT2D eigenvalue weighted by Gasteiger charge is -2.35. The van der Waals surface area contributed by atoms with Crippen LogP contribution in [-0.4, -0.2) is 54.4 Å². The van der Waals surface area contributed by atoms with E-state index < -0.39 is 6.10 Å². The van der Waals surface area contributed by atoms with Crippen molar-refractivity contribution in [2.75, 3.05) is 26.2 Å². The molecule has 1 fully saturated rings. The van der Waals surface area contributed by atoms with E-state index in [1.807, 2.05) is 30.3 Å². The highest BCUT2D eigenvalue weighted by Crippen LogP contribution is 2.17. The molecular weight excluding hydrogens is 302 g/mol. The number of nitrogens with one attached hydrogen (secondary N) is 2. The summed E-state index contributed by atoms with van der Waals surface area (Å²) in [6.07, 6.45) is 2.52. The third-order valence-electron chi connectivity index (χ3n) is 4.68. The number of hydrogen-bond donors (Lipinski definition) is 3. The first-order chi connectivity index (χ1) is 11.5. The molecule has 2 amide bonds. The quantitative estimate of drug-likeness (QED) is 0.715. The third kappa shape index (κ3) is 6.49. The highest BCUT2D eigenvalue weighted by Gasteiger charge is 2.21. The van der Waals surface area contributed by atoms with Crippen molar-refractivity contribution in [2.24, 2.45) is 5.92 Å². The zero-order valence-corrected chi connectivity index (χ0v) is 14.9. The van der Waals surface area contributed by atoms with Crippen molar-refractivity contribution < 1.29 is 9.90 Å². The Labute approximate surface area is 145 Å². The van der Waals surface area contributed by atoms with Gasteiger partial charge in [-0.05, 0) is 37.8 Å². The molecule has 0 aliphatic carbocycles. The summed E-state index contributed by atoms with van der Waals surface area (Å²) in [5.41, 5.74) is 1.07. The van der Waals surface area contributed by atoms with Gasteiger partial charge in [-0.1, -0.05) is 37.3 Å². The van der Waals surface area contributed by atoms with Gasteiger partial charge in [0, 0.05) is 32.1 Å². The molecule has 134 valence electrons. The fourth-order valence-corrected chi connectivity index (χ4v) is 3.23. The summed E-state index contributed by atoms with van der Waals surface area (Å²) in [5, 5.41) is 15.7. The summed E-state index contributed by atoms with van der Waals surface area (Å²) >= 11 is 0. The molecule has 2 rings (SSSR count). The molecule has 0 spiro atoms. The highest BCUT2D eigenvalue weighted by molar-refractivity contribution is 5.73. The predicted octanol–water partition coefficient (Wildman–Crippen LogP) is 2.01. The van der Waals surface area contributed by atoms with Crippen LogP contribution in [0.4, 0.5) is 4.79 Å². The monoisotopic (exact) mass is 333 g/mol. The number of piperidine rings is 1. The Hall–Kier alpha value is -1.59. The van der Waals surface area contributed by atoms with E-state index in [-0.39, 0.29) is 12.6 Å². The number of amides is 2. The van der Waals surface area contributed by atoms with E-state index in [2.05, 4.69) is 29.4 Å². The molecule has 1 aromatic rings. The Kier molecular flexibility index (Phi) is 7.53. The molecule has 5 heteroatoms. The highest BCUT2D eigenvalue weighted by atomic mass is 16.3. The topological polar surface area (TPSA) is 64.6 Å². The molecule has 3 N–H and O–H groups in total. The molecule has 1 aromatic carbocycles. The van der Waals surface area contributed by atoms with E-state index in [1.165, 1.54) is 12.8 Å². The second-order valence-electron chi connectivity index (χ2n) is 7.03. The van der Waals surface area contributed by atoms with Crippen LogP contribution >= 0.6 is 0 Å². The molecule has 24 heavy (non-hydrogen) atoms. The van der Waals surface area contributed by atoms with Crippen LogP contribution in [0.15, 0.2) is 30.3 Å². The summed E-state index contributed by atoms with van der Waals surface area (Å²) in [7, 11) is 0. The number of rotatable bonds is 7. The van der Waals surface area contributed by atoms with Crippen LogP contribution < -0.4 is 10.6 Å². The normalized spacial score (nSPS) is 21.0. The minimum atomic E-state index is -0.571. The van der Waals surface area contributed by atoms with Crippen molar-refractivity contribution >= 4 is 6.03 Å². The maximum absolute atomic E-state index is 11.9. The second kappa shape index (κ2) is 9.64. The van der Waals surface area contributed by atoms with Crippen LogP contribution in [0.1, 0.15) is 32.3 Å². The summed E-state index contributed by atoms with van der Waals surface area (Å²) in [5.74, 6) is 0.739. The Morgan fingerprint density at radius 2 is 2.00 bits per heavy atom. The average Bonchev–Trinajstić information content (AvgIpc) is 2.58. The zero-order valence-electron chi connectivity index (χ0n) is 14.9. The first kappa shape index (κ1) is 18.7. The fourth-order valence-electron chi connectivity index (χ4n) is 3.23. The molecule has 0 saturated carbocycles. The number of benzene rings is 1. The minimum Gasteiger partial charge on any atom is -0.391 e. The van der Waals surface area contributed by atoms with Crippen LogP contribution in [0.25, 0.3) is 0 Å². The molecule has 3 atom stereocenters. The van der Waals surface area contributed by atoms with Gasteiger partial charge in [0.1, 0.15) is 0 Å². The molecule has 0 aromatic heterocycles. The number of aliphatic hydroxyl groups excluding tert-OH is 1. The Morgan fingerprint density at radius 3 is 2.71 bits per heavy atom. The molecular formula is C19H31N3O2. The van der Waals surface area contributed by atoms with E-state index in [0.29, 0.717) is 19.0 Å². The largest absolute Gasteiger partial charge is 0.391 e. The van der Waals surface area contributed by atoms with E-state index in [0.717, 1.165) is 24.6 Å². The summed E-state index contributed by atoms with van der Waals surface area (Å²) in [6.45, 7) is 7.56. The van der Waals surface area contributed by atoms with Gasteiger partial charge in [0.25, 0.3) is 0 Å². The van der Waals surface area contributed by atoms with Crippen LogP contribution in [0.2, 0.25) is 0 Å². The second-order valence-corrected chi connectivity index (χ2v) is 7.03. The number of likely N-dealkylation sites (tertiary alicyclic amines) is 1. The maximum atomic E-state index is 11.9. The molecule has 0 bridgehead atoms. The lowest BCUT2D eigenvalue weighted by molar-refractivity contribution is 0.136. The summed E-state index contributed by atoms with van der Waals surface area (Å²) < 4.78 is 0. The van der Waals surface area contributed by atoms with Gasteiger partial charge in [-0.2, -0.15) is 0 Å². The molecule has 1 aliphatic rings. The fraction of sp³-hybridized carbons (Fsp3) is 0.632. The molecule has 0 radical (unpaired) electrons. The van der Waals surface area contributed by atoms with Crippen LogP contribution in [0, 0.1) is 5.92 Å². The van der Waals surface area contributed by atoms with Gasteiger partial charge in [-0.15, -0.1) is 0 Å². The number of carbonyl (C=O) groups is 1. The van der Waals surface area contributed by atoms with E-state index >= 15 is 0 Å². The maximum Gasteiger partial charge on any atom is 0.314 e. The summed E-state index contributed by atoms with van der Waals surface area (Å²) in [6, 6.07) is 9.93. The molecule has 3 unspecified atom stereocenters. The van der Waals surface area contributed by atoms with E-state index in [4.69, 9.17) is 0 Å². The van der Waals surface area contributed by atoms with Crippen LogP contribution in [0.5, 0.6) is 0 Å². The number of nitrogens with zero attached hydrogens (tertiary/aromatic N) is 1. The van der Waals surface area contributed by atoms with Crippen molar-refractivity contribution in [3.63, 3.8) is 0 Å². The number of urea groups is 1. The third-order valence-corrected chi connectivity index (χ3v) is 4.68.